The van der Waals surface area contributed by atoms with Crippen molar-refractivity contribution < 1.29 is 9.21 Å². The van der Waals surface area contributed by atoms with Crippen LogP contribution in [0.3, 0.4) is 0 Å². The molecule has 0 bridgehead atoms. The topological polar surface area (TPSA) is 30.2 Å². The second-order valence-corrected chi connectivity index (χ2v) is 4.88. The van der Waals surface area contributed by atoms with E-state index in [2.05, 4.69) is 20.8 Å². The molecule has 0 amide bonds. The Hall–Kier alpha value is -1.05. The lowest BCUT2D eigenvalue weighted by atomic mass is 9.81. The summed E-state index contributed by atoms with van der Waals surface area (Å²) in [5.74, 6) is 0.185. The minimum atomic E-state index is 0.102. The Balaban J connectivity index is 2.50. The molecular weight excluding hydrogens is 188 g/mol. The van der Waals surface area contributed by atoms with Gasteiger partial charge in [0.05, 0.1) is 11.8 Å². The number of carbonyl (C=O) groups is 1. The van der Waals surface area contributed by atoms with Crippen molar-refractivity contribution in [3.8, 4) is 0 Å². The summed E-state index contributed by atoms with van der Waals surface area (Å²) in [6, 6.07) is 1.73. The lowest BCUT2D eigenvalue weighted by molar-refractivity contribution is 0.0923. The summed E-state index contributed by atoms with van der Waals surface area (Å²) < 4.78 is 4.91. The highest BCUT2D eigenvalue weighted by Crippen LogP contribution is 2.29. The molecule has 0 aliphatic rings. The largest absolute Gasteiger partial charge is 0.472 e. The van der Waals surface area contributed by atoms with Crippen LogP contribution in [0.25, 0.3) is 0 Å². The van der Waals surface area contributed by atoms with Gasteiger partial charge in [-0.15, -0.1) is 0 Å². The first-order chi connectivity index (χ1) is 7.05. The monoisotopic (exact) mass is 208 g/mol. The van der Waals surface area contributed by atoms with E-state index < -0.39 is 0 Å². The highest BCUT2D eigenvalue weighted by molar-refractivity contribution is 5.96. The number of rotatable bonds is 6. The van der Waals surface area contributed by atoms with Gasteiger partial charge >= 0.3 is 0 Å². The van der Waals surface area contributed by atoms with E-state index in [1.165, 1.54) is 19.1 Å². The summed E-state index contributed by atoms with van der Waals surface area (Å²) in [4.78, 5) is 11.8. The Labute approximate surface area is 91.7 Å². The molecule has 0 aromatic carbocycles. The normalized spacial score (nSPS) is 11.7. The molecule has 1 aromatic rings. The molecule has 0 atom stereocenters. The summed E-state index contributed by atoms with van der Waals surface area (Å²) in [6.45, 7) is 6.48. The number of carbonyl (C=O) groups excluding carboxylic acids is 1. The summed E-state index contributed by atoms with van der Waals surface area (Å²) >= 11 is 0. The van der Waals surface area contributed by atoms with Crippen molar-refractivity contribution in [3.63, 3.8) is 0 Å². The Morgan fingerprint density at radius 2 is 2.20 bits per heavy atom. The zero-order valence-corrected chi connectivity index (χ0v) is 9.88. The van der Waals surface area contributed by atoms with Gasteiger partial charge in [-0.3, -0.25) is 4.79 Å². The van der Waals surface area contributed by atoms with Gasteiger partial charge in [0, 0.05) is 6.42 Å². The van der Waals surface area contributed by atoms with Crippen molar-refractivity contribution in [2.75, 3.05) is 0 Å². The van der Waals surface area contributed by atoms with Crippen molar-refractivity contribution in [3.05, 3.63) is 24.2 Å². The van der Waals surface area contributed by atoms with Crippen molar-refractivity contribution >= 4 is 5.78 Å². The van der Waals surface area contributed by atoms with Gasteiger partial charge < -0.3 is 4.42 Å². The van der Waals surface area contributed by atoms with Gasteiger partial charge in [0.15, 0.2) is 5.78 Å². The van der Waals surface area contributed by atoms with E-state index in [4.69, 9.17) is 4.42 Å². The zero-order chi connectivity index (χ0) is 11.3. The van der Waals surface area contributed by atoms with Gasteiger partial charge in [0.1, 0.15) is 6.26 Å². The molecule has 0 radical (unpaired) electrons. The van der Waals surface area contributed by atoms with E-state index >= 15 is 0 Å². The minimum absolute atomic E-state index is 0.102. The number of ketones is 1. The maximum atomic E-state index is 11.8. The molecule has 84 valence electrons. The molecule has 1 heterocycles. The molecule has 0 saturated carbocycles. The molecule has 2 nitrogen and oxygen atoms in total. The molecule has 0 spiro atoms. The molecule has 0 aliphatic carbocycles. The van der Waals surface area contributed by atoms with E-state index in [0.29, 0.717) is 12.0 Å². The predicted molar refractivity (Wildman–Crippen MR) is 61.0 cm³/mol. The molecule has 0 unspecified atom stereocenters. The highest BCUT2D eigenvalue weighted by Gasteiger charge is 2.22. The number of unbranched alkanes of at least 4 members (excludes halogenated alkanes) is 1. The van der Waals surface area contributed by atoms with Crippen LogP contribution < -0.4 is 0 Å². The molecule has 0 fully saturated rings. The standard InChI is InChI=1S/C13H20O2/c1-4-5-7-13(2,3)9-12(14)11-6-8-15-10-11/h6,8,10H,4-5,7,9H2,1-3H3. The predicted octanol–water partition coefficient (Wildman–Crippen LogP) is 4.07. The van der Waals surface area contributed by atoms with E-state index in [1.54, 1.807) is 12.3 Å². The highest BCUT2D eigenvalue weighted by atomic mass is 16.3. The van der Waals surface area contributed by atoms with E-state index in [9.17, 15) is 4.79 Å². The van der Waals surface area contributed by atoms with E-state index in [-0.39, 0.29) is 11.2 Å². The van der Waals surface area contributed by atoms with Gasteiger partial charge in [-0.25, -0.2) is 0 Å². The fourth-order valence-electron chi connectivity index (χ4n) is 1.70. The minimum Gasteiger partial charge on any atom is -0.472 e. The summed E-state index contributed by atoms with van der Waals surface area (Å²) in [5, 5.41) is 0. The fraction of sp³-hybridized carbons (Fsp3) is 0.615. The van der Waals surface area contributed by atoms with Crippen LogP contribution in [0.5, 0.6) is 0 Å². The first-order valence-electron chi connectivity index (χ1n) is 5.60. The fourth-order valence-corrected chi connectivity index (χ4v) is 1.70. The van der Waals surface area contributed by atoms with Crippen LogP contribution in [0.15, 0.2) is 23.0 Å². The third-order valence-electron chi connectivity index (χ3n) is 2.69. The Morgan fingerprint density at radius 1 is 1.47 bits per heavy atom. The number of hydrogen-bond donors (Lipinski definition) is 0. The lowest BCUT2D eigenvalue weighted by Gasteiger charge is -2.23. The van der Waals surface area contributed by atoms with Gasteiger partial charge in [0.25, 0.3) is 0 Å². The first-order valence-corrected chi connectivity index (χ1v) is 5.60. The second kappa shape index (κ2) is 5.15. The van der Waals surface area contributed by atoms with Gasteiger partial charge in [0.2, 0.25) is 0 Å². The summed E-state index contributed by atoms with van der Waals surface area (Å²) in [6.07, 6.45) is 7.15. The van der Waals surface area contributed by atoms with Crippen LogP contribution in [0.1, 0.15) is 56.8 Å². The number of Topliss-reactive ketones (excluding diaryl/α,β-unsaturated/α-hetero) is 1. The molecule has 15 heavy (non-hydrogen) atoms. The van der Waals surface area contributed by atoms with E-state index in [1.807, 2.05) is 0 Å². The van der Waals surface area contributed by atoms with Crippen molar-refractivity contribution in [1.82, 2.24) is 0 Å². The average molecular weight is 208 g/mol. The molecule has 2 heteroatoms. The third kappa shape index (κ3) is 3.90. The van der Waals surface area contributed by atoms with Gasteiger partial charge in [-0.2, -0.15) is 0 Å². The summed E-state index contributed by atoms with van der Waals surface area (Å²) in [5.41, 5.74) is 0.796. The lowest BCUT2D eigenvalue weighted by Crippen LogP contribution is -2.16. The van der Waals surface area contributed by atoms with Gasteiger partial charge in [-0.05, 0) is 17.9 Å². The van der Waals surface area contributed by atoms with Crippen molar-refractivity contribution in [1.29, 1.82) is 0 Å². The van der Waals surface area contributed by atoms with Crippen LogP contribution >= 0.6 is 0 Å². The van der Waals surface area contributed by atoms with Crippen LogP contribution in [0.4, 0.5) is 0 Å². The average Bonchev–Trinajstić information content (AvgIpc) is 2.67. The third-order valence-corrected chi connectivity index (χ3v) is 2.69. The quantitative estimate of drug-likeness (QED) is 0.660. The maximum Gasteiger partial charge on any atom is 0.166 e. The molecular formula is C13H20O2. The van der Waals surface area contributed by atoms with Gasteiger partial charge in [-0.1, -0.05) is 33.6 Å². The van der Waals surface area contributed by atoms with Crippen molar-refractivity contribution in [2.24, 2.45) is 5.41 Å². The van der Waals surface area contributed by atoms with Crippen LogP contribution in [0, 0.1) is 5.41 Å². The smallest absolute Gasteiger partial charge is 0.166 e. The Bertz CT molecular complexity index is 296. The molecule has 0 N–H and O–H groups in total. The van der Waals surface area contributed by atoms with Crippen LogP contribution in [0.2, 0.25) is 0 Å². The first kappa shape index (κ1) is 12.0. The maximum absolute atomic E-state index is 11.8. The van der Waals surface area contributed by atoms with Crippen LogP contribution in [-0.2, 0) is 0 Å². The molecule has 1 rings (SSSR count). The second-order valence-electron chi connectivity index (χ2n) is 4.88. The van der Waals surface area contributed by atoms with Crippen molar-refractivity contribution in [2.45, 2.75) is 46.5 Å². The SMILES string of the molecule is CCCCC(C)(C)CC(=O)c1ccoc1. The molecule has 1 aromatic heterocycles. The Kier molecular flexibility index (Phi) is 4.13. The molecule has 0 aliphatic heterocycles. The van der Waals surface area contributed by atoms with E-state index in [0.717, 1.165) is 6.42 Å². The zero-order valence-electron chi connectivity index (χ0n) is 9.88. The molecule has 0 saturated heterocycles. The Morgan fingerprint density at radius 3 is 2.73 bits per heavy atom. The van der Waals surface area contributed by atoms with Crippen LogP contribution in [-0.4, -0.2) is 5.78 Å². The number of furan rings is 1. The number of hydrogen-bond acceptors (Lipinski definition) is 2. The summed E-state index contributed by atoms with van der Waals surface area (Å²) in [7, 11) is 0.